The molecule has 0 bridgehead atoms. The molecule has 0 heterocycles. The molecule has 0 amide bonds. The lowest BCUT2D eigenvalue weighted by atomic mass is 9.48. The van der Waals surface area contributed by atoms with Crippen LogP contribution in [0.1, 0.15) is 91.4 Å². The van der Waals surface area contributed by atoms with Gasteiger partial charge < -0.3 is 9.90 Å². The van der Waals surface area contributed by atoms with Crippen LogP contribution in [0.25, 0.3) is 0 Å². The van der Waals surface area contributed by atoms with Crippen LogP contribution in [0.5, 0.6) is 0 Å². The number of hydrogen-bond acceptors (Lipinski definition) is 2. The number of hydrogen-bond donors (Lipinski definition) is 1. The van der Waals surface area contributed by atoms with Crippen LogP contribution in [0.2, 0.25) is 0 Å². The number of aldehydes is 1. The lowest BCUT2D eigenvalue weighted by Crippen LogP contribution is -2.50. The van der Waals surface area contributed by atoms with Gasteiger partial charge in [-0.2, -0.15) is 0 Å². The summed E-state index contributed by atoms with van der Waals surface area (Å²) in [6.07, 6.45) is 14.7. The maximum Gasteiger partial charge on any atom is 0.120 e. The van der Waals surface area contributed by atoms with E-state index in [-0.39, 0.29) is 0 Å². The molecule has 4 fully saturated rings. The van der Waals surface area contributed by atoms with Crippen molar-refractivity contribution in [2.24, 2.45) is 46.8 Å². The Kier molecular flexibility index (Phi) is 5.04. The minimum atomic E-state index is -0.399. The third kappa shape index (κ3) is 3.09. The molecule has 9 atom stereocenters. The van der Waals surface area contributed by atoms with Crippen LogP contribution >= 0.6 is 0 Å². The molecular formula is C24H40O2. The third-order valence-corrected chi connectivity index (χ3v) is 9.74. The molecule has 4 aliphatic carbocycles. The average Bonchev–Trinajstić information content (AvgIpc) is 2.95. The van der Waals surface area contributed by atoms with Crippen LogP contribution < -0.4 is 0 Å². The molecule has 26 heavy (non-hydrogen) atoms. The molecule has 2 heteroatoms. The largest absolute Gasteiger partial charge is 0.390 e. The highest BCUT2D eigenvalue weighted by atomic mass is 16.3. The highest BCUT2D eigenvalue weighted by Gasteiger charge is 2.57. The Morgan fingerprint density at radius 2 is 1.77 bits per heavy atom. The van der Waals surface area contributed by atoms with Gasteiger partial charge in [0, 0.05) is 6.42 Å². The smallest absolute Gasteiger partial charge is 0.120 e. The molecule has 4 saturated carbocycles. The van der Waals surface area contributed by atoms with Gasteiger partial charge in [-0.05, 0) is 118 Å². The van der Waals surface area contributed by atoms with Gasteiger partial charge in [0.25, 0.3) is 0 Å². The Morgan fingerprint density at radius 3 is 2.54 bits per heavy atom. The first kappa shape index (κ1) is 19.0. The zero-order valence-corrected chi connectivity index (χ0v) is 17.3. The van der Waals surface area contributed by atoms with E-state index < -0.39 is 5.60 Å². The second kappa shape index (κ2) is 6.90. The Balaban J connectivity index is 1.49. The molecule has 1 N–H and O–H groups in total. The summed E-state index contributed by atoms with van der Waals surface area (Å²) in [6.45, 7) is 7.09. The molecule has 2 nitrogen and oxygen atoms in total. The lowest BCUT2D eigenvalue weighted by Gasteiger charge is -2.57. The van der Waals surface area contributed by atoms with Crippen LogP contribution in [-0.4, -0.2) is 17.0 Å². The summed E-state index contributed by atoms with van der Waals surface area (Å²) in [5.41, 5.74) is 0.125. The molecule has 0 aromatic carbocycles. The van der Waals surface area contributed by atoms with E-state index in [9.17, 15) is 9.90 Å². The summed E-state index contributed by atoms with van der Waals surface area (Å²) in [7, 11) is 0. The molecule has 0 spiro atoms. The molecule has 4 aliphatic rings. The van der Waals surface area contributed by atoms with Gasteiger partial charge in [0.2, 0.25) is 0 Å². The maximum absolute atomic E-state index is 10.8. The normalized spacial score (nSPS) is 51.8. The topological polar surface area (TPSA) is 37.3 Å². The fourth-order valence-corrected chi connectivity index (χ4v) is 8.59. The number of carbonyl (C=O) groups excluding carboxylic acids is 1. The molecule has 0 aromatic rings. The minimum Gasteiger partial charge on any atom is -0.390 e. The highest BCUT2D eigenvalue weighted by molar-refractivity contribution is 5.49. The van der Waals surface area contributed by atoms with E-state index in [1.54, 1.807) is 0 Å². The molecule has 0 saturated heterocycles. The van der Waals surface area contributed by atoms with Crippen molar-refractivity contribution in [1.82, 2.24) is 0 Å². The SMILES string of the molecule is C[C@H](CCC=O)[C@H]1CC[C@H]2[C@@H]3CC[C@H]4C[C@@](C)(O)CC[C@@H]4[C@H]3CC[C@]12C. The summed E-state index contributed by atoms with van der Waals surface area (Å²) in [5, 5.41) is 10.5. The average molecular weight is 361 g/mol. The van der Waals surface area contributed by atoms with Gasteiger partial charge in [0.15, 0.2) is 0 Å². The van der Waals surface area contributed by atoms with Crippen LogP contribution in [0, 0.1) is 46.8 Å². The van der Waals surface area contributed by atoms with Crippen molar-refractivity contribution in [2.75, 3.05) is 0 Å². The molecule has 4 rings (SSSR count). The Hall–Kier alpha value is -0.370. The Bertz CT molecular complexity index is 526. The van der Waals surface area contributed by atoms with Crippen molar-refractivity contribution < 1.29 is 9.90 Å². The van der Waals surface area contributed by atoms with Crippen molar-refractivity contribution in [3.05, 3.63) is 0 Å². The molecule has 0 aliphatic heterocycles. The second-order valence-corrected chi connectivity index (χ2v) is 11.1. The molecule has 0 aromatic heterocycles. The van der Waals surface area contributed by atoms with Gasteiger partial charge in [0.1, 0.15) is 6.29 Å². The Morgan fingerprint density at radius 1 is 1.00 bits per heavy atom. The zero-order valence-electron chi connectivity index (χ0n) is 17.3. The zero-order chi connectivity index (χ0) is 18.5. The first-order valence-electron chi connectivity index (χ1n) is 11.5. The van der Waals surface area contributed by atoms with Gasteiger partial charge in [-0.15, -0.1) is 0 Å². The number of fused-ring (bicyclic) bond motifs is 5. The molecular weight excluding hydrogens is 320 g/mol. The van der Waals surface area contributed by atoms with Gasteiger partial charge in [-0.1, -0.05) is 13.8 Å². The number of carbonyl (C=O) groups is 1. The van der Waals surface area contributed by atoms with Gasteiger partial charge in [0.05, 0.1) is 5.60 Å². The maximum atomic E-state index is 10.8. The van der Waals surface area contributed by atoms with Gasteiger partial charge >= 0.3 is 0 Å². The standard InChI is InChI=1S/C24H40O2/c1-16(5-4-14-25)21-8-9-22-20-7-6-17-15-23(2,26)12-10-18(17)19(20)11-13-24(21,22)3/h14,16-22,26H,4-13,15H2,1-3H3/t16-,17+,18+,19-,20-,21-,22+,23+,24-/m1/s1. The van der Waals surface area contributed by atoms with Crippen molar-refractivity contribution in [2.45, 2.75) is 97.0 Å². The fraction of sp³-hybridized carbons (Fsp3) is 0.958. The van der Waals surface area contributed by atoms with Crippen molar-refractivity contribution in [1.29, 1.82) is 0 Å². The summed E-state index contributed by atoms with van der Waals surface area (Å²) >= 11 is 0. The second-order valence-electron chi connectivity index (χ2n) is 11.1. The van der Waals surface area contributed by atoms with E-state index >= 15 is 0 Å². The van der Waals surface area contributed by atoms with E-state index in [0.29, 0.717) is 11.3 Å². The number of aliphatic hydroxyl groups is 1. The van der Waals surface area contributed by atoms with Gasteiger partial charge in [-0.3, -0.25) is 0 Å². The summed E-state index contributed by atoms with van der Waals surface area (Å²) in [4.78, 5) is 10.8. The lowest BCUT2D eigenvalue weighted by molar-refractivity contribution is -0.108. The summed E-state index contributed by atoms with van der Waals surface area (Å²) < 4.78 is 0. The summed E-state index contributed by atoms with van der Waals surface area (Å²) in [5.74, 6) is 6.02. The first-order chi connectivity index (χ1) is 12.4. The van der Waals surface area contributed by atoms with E-state index in [1.165, 1.54) is 44.9 Å². The van der Waals surface area contributed by atoms with Crippen molar-refractivity contribution in [3.63, 3.8) is 0 Å². The molecule has 0 radical (unpaired) electrons. The highest BCUT2D eigenvalue weighted by Crippen LogP contribution is 2.65. The fourth-order valence-electron chi connectivity index (χ4n) is 8.59. The van der Waals surface area contributed by atoms with E-state index in [4.69, 9.17) is 0 Å². The molecule has 148 valence electrons. The van der Waals surface area contributed by atoms with E-state index in [0.717, 1.165) is 67.5 Å². The van der Waals surface area contributed by atoms with Crippen LogP contribution in [0.3, 0.4) is 0 Å². The van der Waals surface area contributed by atoms with Crippen LogP contribution in [0.15, 0.2) is 0 Å². The summed E-state index contributed by atoms with van der Waals surface area (Å²) in [6, 6.07) is 0. The number of rotatable bonds is 4. The quantitative estimate of drug-likeness (QED) is 0.661. The van der Waals surface area contributed by atoms with E-state index in [2.05, 4.69) is 20.8 Å². The van der Waals surface area contributed by atoms with E-state index in [1.807, 2.05) is 0 Å². The van der Waals surface area contributed by atoms with Crippen LogP contribution in [-0.2, 0) is 4.79 Å². The van der Waals surface area contributed by atoms with Crippen molar-refractivity contribution in [3.8, 4) is 0 Å². The monoisotopic (exact) mass is 360 g/mol. The predicted molar refractivity (Wildman–Crippen MR) is 106 cm³/mol. The van der Waals surface area contributed by atoms with Gasteiger partial charge in [-0.25, -0.2) is 0 Å². The predicted octanol–water partition coefficient (Wildman–Crippen LogP) is 5.62. The molecule has 0 unspecified atom stereocenters. The van der Waals surface area contributed by atoms with Crippen LogP contribution in [0.4, 0.5) is 0 Å². The minimum absolute atomic E-state index is 0.399. The third-order valence-electron chi connectivity index (χ3n) is 9.74. The van der Waals surface area contributed by atoms with Crippen molar-refractivity contribution >= 4 is 6.29 Å². The Labute approximate surface area is 160 Å². The first-order valence-corrected chi connectivity index (χ1v) is 11.5.